The molecule has 1 fully saturated rings. The normalized spacial score (nSPS) is 17.1. The van der Waals surface area contributed by atoms with Crippen molar-refractivity contribution in [2.24, 2.45) is 0 Å². The number of amides is 3. The van der Waals surface area contributed by atoms with Crippen molar-refractivity contribution >= 4 is 23.7 Å². The van der Waals surface area contributed by atoms with Gasteiger partial charge >= 0.3 is 6.03 Å². The summed E-state index contributed by atoms with van der Waals surface area (Å²) in [5, 5.41) is 2.29. The molecular formula is C14H11N3O2. The van der Waals surface area contributed by atoms with E-state index in [1.165, 1.54) is 4.90 Å². The highest BCUT2D eigenvalue weighted by atomic mass is 16.2. The molecule has 0 spiro atoms. The van der Waals surface area contributed by atoms with E-state index in [1.54, 1.807) is 24.4 Å². The quantitative estimate of drug-likeness (QED) is 0.636. The van der Waals surface area contributed by atoms with E-state index in [1.807, 2.05) is 30.3 Å². The molecule has 5 heteroatoms. The van der Waals surface area contributed by atoms with Gasteiger partial charge in [-0.15, -0.1) is 0 Å². The van der Waals surface area contributed by atoms with Gasteiger partial charge in [-0.25, -0.2) is 4.79 Å². The van der Waals surface area contributed by atoms with Crippen molar-refractivity contribution < 1.29 is 9.59 Å². The highest BCUT2D eigenvalue weighted by Crippen LogP contribution is 2.24. The van der Waals surface area contributed by atoms with E-state index in [0.29, 0.717) is 11.4 Å². The lowest BCUT2D eigenvalue weighted by Gasteiger charge is -2.14. The molecule has 1 aliphatic heterocycles. The van der Waals surface area contributed by atoms with Gasteiger partial charge in [-0.1, -0.05) is 18.2 Å². The Morgan fingerprint density at radius 2 is 1.79 bits per heavy atom. The third-order valence-corrected chi connectivity index (χ3v) is 2.83. The summed E-state index contributed by atoms with van der Waals surface area (Å²) in [6.07, 6.45) is 3.40. The molecule has 2 aromatic rings. The number of imide groups is 1. The van der Waals surface area contributed by atoms with Crippen molar-refractivity contribution in [1.29, 1.82) is 0 Å². The van der Waals surface area contributed by atoms with Crippen molar-refractivity contribution in [1.82, 2.24) is 10.3 Å². The maximum atomic E-state index is 11.9. The van der Waals surface area contributed by atoms with Crippen LogP contribution in [0.5, 0.6) is 0 Å². The number of para-hydroxylation sites is 1. The van der Waals surface area contributed by atoms with Gasteiger partial charge in [0.15, 0.2) is 0 Å². The van der Waals surface area contributed by atoms with Gasteiger partial charge < -0.3 is 4.98 Å². The average molecular weight is 253 g/mol. The molecule has 3 rings (SSSR count). The molecule has 0 aliphatic carbocycles. The first-order chi connectivity index (χ1) is 9.25. The molecule has 5 nitrogen and oxygen atoms in total. The number of aromatic amines is 1. The molecule has 3 amide bonds. The van der Waals surface area contributed by atoms with E-state index in [4.69, 9.17) is 0 Å². The van der Waals surface area contributed by atoms with Gasteiger partial charge in [-0.05, 0) is 30.3 Å². The Bertz CT molecular complexity index is 645. The minimum atomic E-state index is -0.436. The molecule has 19 heavy (non-hydrogen) atoms. The minimum Gasteiger partial charge on any atom is -0.362 e. The zero-order valence-electron chi connectivity index (χ0n) is 9.96. The van der Waals surface area contributed by atoms with Gasteiger partial charge in [-0.2, -0.15) is 0 Å². The van der Waals surface area contributed by atoms with Gasteiger partial charge in [0.1, 0.15) is 5.70 Å². The van der Waals surface area contributed by atoms with Crippen molar-refractivity contribution in [3.63, 3.8) is 0 Å². The highest BCUT2D eigenvalue weighted by Gasteiger charge is 2.34. The van der Waals surface area contributed by atoms with Gasteiger partial charge in [0, 0.05) is 11.9 Å². The Balaban J connectivity index is 2.06. The van der Waals surface area contributed by atoms with Crippen LogP contribution in [0.15, 0.2) is 54.4 Å². The van der Waals surface area contributed by atoms with Crippen LogP contribution in [-0.2, 0) is 4.79 Å². The molecule has 2 heterocycles. The number of benzene rings is 1. The number of rotatable bonds is 2. The molecule has 94 valence electrons. The predicted octanol–water partition coefficient (Wildman–Crippen LogP) is 2.11. The fourth-order valence-electron chi connectivity index (χ4n) is 1.97. The molecule has 0 bridgehead atoms. The largest absolute Gasteiger partial charge is 0.362 e. The van der Waals surface area contributed by atoms with Gasteiger partial charge in [0.2, 0.25) is 0 Å². The number of anilines is 1. The molecule has 2 N–H and O–H groups in total. The van der Waals surface area contributed by atoms with E-state index in [-0.39, 0.29) is 0 Å². The Kier molecular flexibility index (Phi) is 2.64. The summed E-state index contributed by atoms with van der Waals surface area (Å²) < 4.78 is 0. The van der Waals surface area contributed by atoms with Crippen LogP contribution in [0.25, 0.3) is 6.08 Å². The molecule has 0 atom stereocenters. The standard InChI is InChI=1S/C14H11N3O2/c18-13-12(9-10-5-4-8-15-10)17(14(19)16-13)11-6-2-1-3-7-11/h1-9,15H,(H,16,18,19)/b12-9-. The maximum Gasteiger partial charge on any atom is 0.333 e. The first-order valence-electron chi connectivity index (χ1n) is 5.81. The van der Waals surface area contributed by atoms with Crippen LogP contribution in [0.3, 0.4) is 0 Å². The summed E-state index contributed by atoms with van der Waals surface area (Å²) in [5.74, 6) is -0.400. The van der Waals surface area contributed by atoms with Crippen LogP contribution < -0.4 is 10.2 Å². The third-order valence-electron chi connectivity index (χ3n) is 2.83. The smallest absolute Gasteiger partial charge is 0.333 e. The lowest BCUT2D eigenvalue weighted by Crippen LogP contribution is -2.27. The van der Waals surface area contributed by atoms with Crippen LogP contribution in [0.1, 0.15) is 5.69 Å². The number of nitrogens with zero attached hydrogens (tertiary/aromatic N) is 1. The number of H-pyrrole nitrogens is 1. The first kappa shape index (κ1) is 11.3. The molecule has 0 unspecified atom stereocenters. The van der Waals surface area contributed by atoms with Gasteiger partial charge in [0.25, 0.3) is 5.91 Å². The van der Waals surface area contributed by atoms with Crippen LogP contribution in [-0.4, -0.2) is 16.9 Å². The van der Waals surface area contributed by atoms with Crippen molar-refractivity contribution in [2.45, 2.75) is 0 Å². The zero-order valence-corrected chi connectivity index (χ0v) is 9.96. The van der Waals surface area contributed by atoms with Gasteiger partial charge in [-0.3, -0.25) is 15.0 Å². The third kappa shape index (κ3) is 2.01. The number of carbonyl (C=O) groups is 2. The number of hydrogen-bond acceptors (Lipinski definition) is 2. The Hall–Kier alpha value is -2.82. The second kappa shape index (κ2) is 4.45. The molecule has 0 saturated carbocycles. The predicted molar refractivity (Wildman–Crippen MR) is 71.2 cm³/mol. The fourth-order valence-corrected chi connectivity index (χ4v) is 1.97. The monoisotopic (exact) mass is 253 g/mol. The average Bonchev–Trinajstić information content (AvgIpc) is 3.00. The summed E-state index contributed by atoms with van der Waals surface area (Å²) in [6, 6.07) is 12.3. The summed E-state index contributed by atoms with van der Waals surface area (Å²) in [4.78, 5) is 28.0. The van der Waals surface area contributed by atoms with Crippen LogP contribution in [0.4, 0.5) is 10.5 Å². The second-order valence-corrected chi connectivity index (χ2v) is 4.09. The summed E-state index contributed by atoms with van der Waals surface area (Å²) in [5.41, 5.74) is 1.73. The minimum absolute atomic E-state index is 0.304. The fraction of sp³-hybridized carbons (Fsp3) is 0. The lowest BCUT2D eigenvalue weighted by atomic mass is 10.2. The molecule has 1 aliphatic rings. The summed E-state index contributed by atoms with van der Waals surface area (Å²) in [6.45, 7) is 0. The topological polar surface area (TPSA) is 65.2 Å². The second-order valence-electron chi connectivity index (χ2n) is 4.09. The number of aromatic nitrogens is 1. The lowest BCUT2D eigenvalue weighted by molar-refractivity contribution is -0.115. The van der Waals surface area contributed by atoms with E-state index in [0.717, 1.165) is 5.69 Å². The highest BCUT2D eigenvalue weighted by molar-refractivity contribution is 6.23. The van der Waals surface area contributed by atoms with Crippen molar-refractivity contribution in [3.8, 4) is 0 Å². The van der Waals surface area contributed by atoms with Crippen LogP contribution >= 0.6 is 0 Å². The Labute approximate surface area is 109 Å². The van der Waals surface area contributed by atoms with Crippen molar-refractivity contribution in [2.75, 3.05) is 4.90 Å². The number of nitrogens with one attached hydrogen (secondary N) is 2. The number of urea groups is 1. The first-order valence-corrected chi connectivity index (χ1v) is 5.81. The van der Waals surface area contributed by atoms with E-state index in [2.05, 4.69) is 10.3 Å². The zero-order chi connectivity index (χ0) is 13.2. The molecule has 1 aromatic carbocycles. The van der Waals surface area contributed by atoms with Crippen LogP contribution in [0.2, 0.25) is 0 Å². The van der Waals surface area contributed by atoms with Crippen LogP contribution in [0, 0.1) is 0 Å². The molecule has 0 radical (unpaired) electrons. The Morgan fingerprint density at radius 3 is 2.47 bits per heavy atom. The summed E-state index contributed by atoms with van der Waals surface area (Å²) in [7, 11) is 0. The maximum absolute atomic E-state index is 11.9. The molecule has 1 aromatic heterocycles. The SMILES string of the molecule is O=C1NC(=O)N(c2ccccc2)/C1=C\c1ccc[nH]1. The van der Waals surface area contributed by atoms with E-state index in [9.17, 15) is 9.59 Å². The number of carbonyl (C=O) groups excluding carboxylic acids is 2. The number of hydrogen-bond donors (Lipinski definition) is 2. The van der Waals surface area contributed by atoms with Gasteiger partial charge in [0.05, 0.1) is 5.69 Å². The van der Waals surface area contributed by atoms with Crippen molar-refractivity contribution in [3.05, 3.63) is 60.1 Å². The molecular weight excluding hydrogens is 242 g/mol. The summed E-state index contributed by atoms with van der Waals surface area (Å²) >= 11 is 0. The van der Waals surface area contributed by atoms with E-state index >= 15 is 0 Å². The Morgan fingerprint density at radius 1 is 1.00 bits per heavy atom. The van der Waals surface area contributed by atoms with E-state index < -0.39 is 11.9 Å². The molecule has 1 saturated heterocycles.